The first-order chi connectivity index (χ1) is 9.71. The summed E-state index contributed by atoms with van der Waals surface area (Å²) >= 11 is 0. The molecule has 0 saturated heterocycles. The van der Waals surface area contributed by atoms with Gasteiger partial charge in [-0.2, -0.15) is 0 Å². The van der Waals surface area contributed by atoms with Crippen molar-refractivity contribution in [2.45, 2.75) is 52.0 Å². The van der Waals surface area contributed by atoms with E-state index in [1.54, 1.807) is 19.3 Å². The van der Waals surface area contributed by atoms with Gasteiger partial charge in [0.1, 0.15) is 0 Å². The van der Waals surface area contributed by atoms with Gasteiger partial charge >= 0.3 is 0 Å². The van der Waals surface area contributed by atoms with Gasteiger partial charge in [-0.25, -0.2) is 0 Å². The standard InChI is InChI=1S/C18H26N2/c1-13-2-3-14(11-20-13)10-19-12-18-7-15-4-16(8-18)6-17(5-15)9-18/h2-3,11,15-17,19H,4-10,12H2,1H3. The maximum atomic E-state index is 4.38. The first kappa shape index (κ1) is 12.8. The highest BCUT2D eigenvalue weighted by Crippen LogP contribution is 2.59. The number of nitrogens with zero attached hydrogens (tertiary/aromatic N) is 1. The van der Waals surface area contributed by atoms with Crippen LogP contribution in [0.3, 0.4) is 0 Å². The predicted octanol–water partition coefficient (Wildman–Crippen LogP) is 3.70. The van der Waals surface area contributed by atoms with Crippen LogP contribution in [-0.4, -0.2) is 11.5 Å². The third-order valence-electron chi connectivity index (χ3n) is 5.97. The van der Waals surface area contributed by atoms with Crippen LogP contribution in [0.5, 0.6) is 0 Å². The van der Waals surface area contributed by atoms with Crippen LogP contribution in [0.4, 0.5) is 0 Å². The Labute approximate surface area is 122 Å². The lowest BCUT2D eigenvalue weighted by Crippen LogP contribution is -2.50. The van der Waals surface area contributed by atoms with E-state index in [2.05, 4.69) is 22.4 Å². The van der Waals surface area contributed by atoms with E-state index in [4.69, 9.17) is 0 Å². The number of pyridine rings is 1. The summed E-state index contributed by atoms with van der Waals surface area (Å²) in [5, 5.41) is 3.74. The first-order valence-electron chi connectivity index (χ1n) is 8.33. The highest BCUT2D eigenvalue weighted by atomic mass is 14.9. The van der Waals surface area contributed by atoms with Crippen molar-refractivity contribution in [2.24, 2.45) is 23.2 Å². The normalized spacial score (nSPS) is 38.4. The van der Waals surface area contributed by atoms with Crippen LogP contribution in [0.15, 0.2) is 18.3 Å². The molecule has 4 bridgehead atoms. The van der Waals surface area contributed by atoms with Crippen LogP contribution >= 0.6 is 0 Å². The minimum atomic E-state index is 0.646. The summed E-state index contributed by atoms with van der Waals surface area (Å²) in [6.45, 7) is 4.26. The Morgan fingerprint density at radius 2 is 1.75 bits per heavy atom. The van der Waals surface area contributed by atoms with Gasteiger partial charge in [-0.3, -0.25) is 4.98 Å². The first-order valence-corrected chi connectivity index (χ1v) is 8.33. The highest BCUT2D eigenvalue weighted by Gasteiger charge is 2.50. The molecule has 20 heavy (non-hydrogen) atoms. The molecule has 0 unspecified atom stereocenters. The van der Waals surface area contributed by atoms with Crippen LogP contribution in [0.25, 0.3) is 0 Å². The zero-order valence-electron chi connectivity index (χ0n) is 12.6. The third kappa shape index (κ3) is 2.39. The van der Waals surface area contributed by atoms with E-state index in [0.717, 1.165) is 30.0 Å². The van der Waals surface area contributed by atoms with Crippen LogP contribution in [0, 0.1) is 30.1 Å². The second kappa shape index (κ2) is 4.84. The lowest BCUT2D eigenvalue weighted by Gasteiger charge is -2.57. The third-order valence-corrected chi connectivity index (χ3v) is 5.97. The molecular formula is C18H26N2. The van der Waals surface area contributed by atoms with Crippen molar-refractivity contribution in [2.75, 3.05) is 6.54 Å². The molecule has 4 aliphatic rings. The zero-order chi connectivity index (χ0) is 13.6. The van der Waals surface area contributed by atoms with Gasteiger partial charge in [0, 0.05) is 25.0 Å². The van der Waals surface area contributed by atoms with E-state index < -0.39 is 0 Å². The van der Waals surface area contributed by atoms with E-state index in [1.807, 2.05) is 13.1 Å². The average Bonchev–Trinajstić information content (AvgIpc) is 2.39. The fourth-order valence-corrected chi connectivity index (χ4v) is 5.58. The average molecular weight is 270 g/mol. The van der Waals surface area contributed by atoms with Crippen molar-refractivity contribution in [3.8, 4) is 0 Å². The van der Waals surface area contributed by atoms with Crippen molar-refractivity contribution in [3.63, 3.8) is 0 Å². The number of rotatable bonds is 4. The molecule has 0 aliphatic heterocycles. The maximum Gasteiger partial charge on any atom is 0.0372 e. The molecule has 0 spiro atoms. The summed E-state index contributed by atoms with van der Waals surface area (Å²) in [5.41, 5.74) is 3.07. The quantitative estimate of drug-likeness (QED) is 0.902. The molecule has 1 N–H and O–H groups in total. The Bertz CT molecular complexity index is 441. The summed E-state index contributed by atoms with van der Waals surface area (Å²) in [6.07, 6.45) is 11.1. The van der Waals surface area contributed by atoms with E-state index in [9.17, 15) is 0 Å². The molecule has 4 aliphatic carbocycles. The van der Waals surface area contributed by atoms with E-state index in [-0.39, 0.29) is 0 Å². The van der Waals surface area contributed by atoms with E-state index in [0.29, 0.717) is 5.41 Å². The molecular weight excluding hydrogens is 244 g/mol. The summed E-state index contributed by atoms with van der Waals surface area (Å²) in [7, 11) is 0. The lowest BCUT2D eigenvalue weighted by atomic mass is 9.49. The van der Waals surface area contributed by atoms with Gasteiger partial charge in [0.2, 0.25) is 0 Å². The summed E-state index contributed by atoms with van der Waals surface area (Å²) < 4.78 is 0. The van der Waals surface area contributed by atoms with Gasteiger partial charge in [-0.15, -0.1) is 0 Å². The Morgan fingerprint density at radius 1 is 1.10 bits per heavy atom. The van der Waals surface area contributed by atoms with Crippen LogP contribution in [0.1, 0.15) is 49.8 Å². The van der Waals surface area contributed by atoms with Gasteiger partial charge in [0.15, 0.2) is 0 Å². The van der Waals surface area contributed by atoms with Crippen molar-refractivity contribution in [3.05, 3.63) is 29.6 Å². The summed E-state index contributed by atoms with van der Waals surface area (Å²) in [5.74, 6) is 3.18. The van der Waals surface area contributed by atoms with Crippen molar-refractivity contribution in [1.82, 2.24) is 10.3 Å². The number of aryl methyl sites for hydroxylation is 1. The van der Waals surface area contributed by atoms with Gasteiger partial charge < -0.3 is 5.32 Å². The zero-order valence-corrected chi connectivity index (χ0v) is 12.6. The molecule has 4 saturated carbocycles. The maximum absolute atomic E-state index is 4.38. The minimum Gasteiger partial charge on any atom is -0.312 e. The largest absolute Gasteiger partial charge is 0.312 e. The molecule has 5 rings (SSSR count). The minimum absolute atomic E-state index is 0.646. The number of hydrogen-bond donors (Lipinski definition) is 1. The second-order valence-electron chi connectivity index (χ2n) is 7.83. The van der Waals surface area contributed by atoms with Gasteiger partial charge in [-0.05, 0) is 80.2 Å². The molecule has 0 amide bonds. The SMILES string of the molecule is Cc1ccc(CNCC23CC4CC(CC(C4)C2)C3)cn1. The van der Waals surface area contributed by atoms with Crippen molar-refractivity contribution < 1.29 is 0 Å². The smallest absolute Gasteiger partial charge is 0.0372 e. The summed E-state index contributed by atoms with van der Waals surface area (Å²) in [4.78, 5) is 4.38. The van der Waals surface area contributed by atoms with Crippen LogP contribution in [0.2, 0.25) is 0 Å². The molecule has 1 aromatic heterocycles. The van der Waals surface area contributed by atoms with E-state index in [1.165, 1.54) is 31.4 Å². The van der Waals surface area contributed by atoms with Gasteiger partial charge in [-0.1, -0.05) is 6.07 Å². The molecule has 0 aromatic carbocycles. The van der Waals surface area contributed by atoms with Crippen molar-refractivity contribution >= 4 is 0 Å². The Kier molecular flexibility index (Phi) is 3.10. The number of aromatic nitrogens is 1. The Balaban J connectivity index is 1.36. The highest BCUT2D eigenvalue weighted by molar-refractivity contribution is 5.13. The van der Waals surface area contributed by atoms with Gasteiger partial charge in [0.05, 0.1) is 0 Å². The molecule has 2 heteroatoms. The number of hydrogen-bond acceptors (Lipinski definition) is 2. The molecule has 108 valence electrons. The van der Waals surface area contributed by atoms with Gasteiger partial charge in [0.25, 0.3) is 0 Å². The van der Waals surface area contributed by atoms with E-state index >= 15 is 0 Å². The second-order valence-corrected chi connectivity index (χ2v) is 7.83. The monoisotopic (exact) mass is 270 g/mol. The fourth-order valence-electron chi connectivity index (χ4n) is 5.58. The molecule has 0 radical (unpaired) electrons. The molecule has 0 atom stereocenters. The fraction of sp³-hybridized carbons (Fsp3) is 0.722. The number of nitrogens with one attached hydrogen (secondary N) is 1. The Hall–Kier alpha value is -0.890. The molecule has 2 nitrogen and oxygen atoms in total. The van der Waals surface area contributed by atoms with Crippen LogP contribution < -0.4 is 5.32 Å². The lowest BCUT2D eigenvalue weighted by molar-refractivity contribution is -0.0514. The molecule has 1 aromatic rings. The van der Waals surface area contributed by atoms with Crippen LogP contribution in [-0.2, 0) is 6.54 Å². The molecule has 1 heterocycles. The Morgan fingerprint density at radius 3 is 2.30 bits per heavy atom. The summed E-state index contributed by atoms with van der Waals surface area (Å²) in [6, 6.07) is 4.32. The molecule has 4 fully saturated rings. The predicted molar refractivity (Wildman–Crippen MR) is 81.3 cm³/mol. The van der Waals surface area contributed by atoms with Crippen molar-refractivity contribution in [1.29, 1.82) is 0 Å². The topological polar surface area (TPSA) is 24.9 Å².